The lowest BCUT2D eigenvalue weighted by Gasteiger charge is -2.22. The van der Waals surface area contributed by atoms with E-state index >= 15 is 0 Å². The first-order valence-corrected chi connectivity index (χ1v) is 9.81. The Morgan fingerprint density at radius 3 is 2.45 bits per heavy atom. The number of aromatic nitrogens is 2. The Kier molecular flexibility index (Phi) is 6.00. The van der Waals surface area contributed by atoms with Gasteiger partial charge in [0.2, 0.25) is 0 Å². The maximum Gasteiger partial charge on any atom is 0.340 e. The van der Waals surface area contributed by atoms with E-state index in [0.29, 0.717) is 5.69 Å². The van der Waals surface area contributed by atoms with Crippen LogP contribution in [0.4, 0.5) is 26.3 Å². The first-order valence-electron chi connectivity index (χ1n) is 9.81. The number of hydrogen-bond donors (Lipinski definition) is 0. The number of hydrogen-bond acceptors (Lipinski definition) is 4. The fourth-order valence-corrected chi connectivity index (χ4v) is 3.29. The third-order valence-corrected chi connectivity index (χ3v) is 5.25. The van der Waals surface area contributed by atoms with Gasteiger partial charge in [0, 0.05) is 24.0 Å². The quantitative estimate of drug-likeness (QED) is 0.320. The van der Waals surface area contributed by atoms with Gasteiger partial charge in [0.15, 0.2) is 12.2 Å². The summed E-state index contributed by atoms with van der Waals surface area (Å²) >= 11 is 0. The van der Waals surface area contributed by atoms with Crippen molar-refractivity contribution < 1.29 is 40.6 Å². The maximum atomic E-state index is 14.3. The van der Waals surface area contributed by atoms with Crippen molar-refractivity contribution in [2.24, 2.45) is 0 Å². The number of imidazole rings is 1. The second-order valence-electron chi connectivity index (χ2n) is 7.49. The Morgan fingerprint density at radius 1 is 1.15 bits per heavy atom. The minimum Gasteiger partial charge on any atom is -0.487 e. The van der Waals surface area contributed by atoms with E-state index in [2.05, 4.69) is 4.98 Å². The van der Waals surface area contributed by atoms with Crippen molar-refractivity contribution in [3.8, 4) is 17.4 Å². The highest BCUT2D eigenvalue weighted by atomic mass is 19.3. The molecule has 2 aromatic carbocycles. The summed E-state index contributed by atoms with van der Waals surface area (Å²) in [6.07, 6.45) is -1.50. The van der Waals surface area contributed by atoms with Crippen LogP contribution in [0.2, 0.25) is 0 Å². The molecule has 33 heavy (non-hydrogen) atoms. The number of benzene rings is 2. The van der Waals surface area contributed by atoms with Crippen molar-refractivity contribution in [2.75, 3.05) is 13.2 Å². The molecule has 4 rings (SSSR count). The molecule has 2 atom stereocenters. The number of ether oxygens (including phenoxy) is 3. The molecule has 2 heterocycles. The van der Waals surface area contributed by atoms with Gasteiger partial charge in [-0.2, -0.15) is 8.78 Å². The van der Waals surface area contributed by atoms with Gasteiger partial charge < -0.3 is 14.2 Å². The third-order valence-electron chi connectivity index (χ3n) is 5.25. The summed E-state index contributed by atoms with van der Waals surface area (Å²) in [7, 11) is 0. The summed E-state index contributed by atoms with van der Waals surface area (Å²) in [5.74, 6) is -5.74. The summed E-state index contributed by atoms with van der Waals surface area (Å²) in [5.41, 5.74) is -0.416. The van der Waals surface area contributed by atoms with E-state index in [1.807, 2.05) is 0 Å². The molecule has 0 saturated carbocycles. The van der Waals surface area contributed by atoms with E-state index in [9.17, 15) is 26.3 Å². The lowest BCUT2D eigenvalue weighted by atomic mass is 9.94. The third kappa shape index (κ3) is 4.63. The largest absolute Gasteiger partial charge is 0.487 e. The van der Waals surface area contributed by atoms with Crippen LogP contribution >= 0.6 is 0 Å². The zero-order valence-corrected chi connectivity index (χ0v) is 17.2. The van der Waals surface area contributed by atoms with E-state index in [1.165, 1.54) is 41.1 Å². The van der Waals surface area contributed by atoms with Crippen molar-refractivity contribution in [3.05, 3.63) is 72.1 Å². The number of nitrogens with zero attached hydrogens (tertiary/aromatic N) is 2. The van der Waals surface area contributed by atoms with Crippen molar-refractivity contribution >= 4 is 0 Å². The van der Waals surface area contributed by atoms with E-state index in [1.54, 1.807) is 13.1 Å². The average molecular weight is 472 g/mol. The lowest BCUT2D eigenvalue weighted by Crippen LogP contribution is -2.33. The van der Waals surface area contributed by atoms with Gasteiger partial charge in [0.05, 0.1) is 12.3 Å². The molecule has 5 nitrogen and oxygen atoms in total. The number of epoxide rings is 1. The van der Waals surface area contributed by atoms with Gasteiger partial charge in [-0.1, -0.05) is 6.07 Å². The van der Waals surface area contributed by atoms with Crippen LogP contribution in [0.15, 0.2) is 54.9 Å². The van der Waals surface area contributed by atoms with Crippen LogP contribution in [0, 0.1) is 11.6 Å². The molecule has 0 bridgehead atoms. The molecule has 0 spiro atoms. The second kappa shape index (κ2) is 8.62. The Labute approximate surface area is 184 Å². The van der Waals surface area contributed by atoms with Gasteiger partial charge in [0.1, 0.15) is 23.5 Å². The Morgan fingerprint density at radius 2 is 1.85 bits per heavy atom. The van der Waals surface area contributed by atoms with E-state index < -0.39 is 42.3 Å². The highest BCUT2D eigenvalue weighted by Gasteiger charge is 2.54. The molecular weight excluding hydrogens is 454 g/mol. The van der Waals surface area contributed by atoms with Crippen LogP contribution in [0.25, 0.3) is 5.69 Å². The Hall–Kier alpha value is -3.21. The minimum absolute atomic E-state index is 0.0212. The Bertz CT molecular complexity index is 1120. The molecule has 0 aliphatic carbocycles. The van der Waals surface area contributed by atoms with Crippen LogP contribution < -0.4 is 9.47 Å². The molecule has 1 aliphatic rings. The fraction of sp³-hybridized carbons (Fsp3) is 0.318. The molecule has 1 saturated heterocycles. The summed E-state index contributed by atoms with van der Waals surface area (Å²) in [6, 6.07) is 9.02. The van der Waals surface area contributed by atoms with E-state index in [-0.39, 0.29) is 23.9 Å². The van der Waals surface area contributed by atoms with Crippen LogP contribution in [0.5, 0.6) is 11.8 Å². The number of halogens is 6. The number of rotatable bonds is 9. The second-order valence-corrected chi connectivity index (χ2v) is 7.49. The van der Waals surface area contributed by atoms with Crippen LogP contribution in [-0.4, -0.2) is 41.2 Å². The van der Waals surface area contributed by atoms with Crippen LogP contribution in [-0.2, 0) is 10.3 Å². The van der Waals surface area contributed by atoms with Gasteiger partial charge in [0.25, 0.3) is 0 Å². The molecule has 1 aromatic heterocycles. The molecule has 3 aromatic rings. The first kappa shape index (κ1) is 23.0. The minimum atomic E-state index is -4.26. The smallest absolute Gasteiger partial charge is 0.340 e. The normalized spacial score (nSPS) is 18.9. The molecular formula is C22H18F6N2O3. The molecule has 0 amide bonds. The molecule has 0 radical (unpaired) electrons. The number of alkyl halides is 4. The zero-order chi connectivity index (χ0) is 23.8. The van der Waals surface area contributed by atoms with Gasteiger partial charge in [-0.05, 0) is 37.3 Å². The molecule has 11 heteroatoms. The molecule has 1 aliphatic heterocycles. The van der Waals surface area contributed by atoms with Crippen molar-refractivity contribution in [1.29, 1.82) is 0 Å². The SMILES string of the molecule is C[C@@H](Oc1nccn1-c1ccc(OCC(F)(F)C(F)F)cc1)[C@]1(c2ccc(F)cc2F)CO1. The standard InChI is InChI=1S/C22H18F6N2O3/c1-13(21(11-32-21)17-7-2-14(23)10-18(17)24)33-20-29-8-9-30(20)15-3-5-16(6-4-15)31-12-22(27,28)19(25)26/h2-10,13,19H,11-12H2,1H3/t13-,21+/m1/s1. The first-order chi connectivity index (χ1) is 15.6. The fourth-order valence-electron chi connectivity index (χ4n) is 3.29. The topological polar surface area (TPSA) is 48.8 Å². The summed E-state index contributed by atoms with van der Waals surface area (Å²) in [5, 5.41) is 0. The van der Waals surface area contributed by atoms with Gasteiger partial charge in [-0.3, -0.25) is 4.57 Å². The molecule has 0 unspecified atom stereocenters. The Balaban J connectivity index is 1.47. The summed E-state index contributed by atoms with van der Waals surface area (Å²) in [4.78, 5) is 4.13. The van der Waals surface area contributed by atoms with Crippen molar-refractivity contribution in [3.63, 3.8) is 0 Å². The molecule has 1 fully saturated rings. The summed E-state index contributed by atoms with van der Waals surface area (Å²) < 4.78 is 95.8. The predicted molar refractivity (Wildman–Crippen MR) is 104 cm³/mol. The van der Waals surface area contributed by atoms with Gasteiger partial charge in [-0.15, -0.1) is 0 Å². The highest BCUT2D eigenvalue weighted by molar-refractivity contribution is 5.39. The molecule has 0 N–H and O–H groups in total. The molecule has 176 valence electrons. The average Bonchev–Trinajstić information content (AvgIpc) is 3.45. The van der Waals surface area contributed by atoms with Crippen molar-refractivity contribution in [1.82, 2.24) is 9.55 Å². The highest BCUT2D eigenvalue weighted by Crippen LogP contribution is 2.44. The van der Waals surface area contributed by atoms with Gasteiger partial charge in [-0.25, -0.2) is 22.5 Å². The van der Waals surface area contributed by atoms with Crippen molar-refractivity contribution in [2.45, 2.75) is 31.0 Å². The monoisotopic (exact) mass is 472 g/mol. The van der Waals surface area contributed by atoms with Gasteiger partial charge >= 0.3 is 18.4 Å². The lowest BCUT2D eigenvalue weighted by molar-refractivity contribution is -0.148. The predicted octanol–water partition coefficient (Wildman–Crippen LogP) is 5.12. The van der Waals surface area contributed by atoms with E-state index in [0.717, 1.165) is 12.1 Å². The van der Waals surface area contributed by atoms with Crippen LogP contribution in [0.3, 0.4) is 0 Å². The zero-order valence-electron chi connectivity index (χ0n) is 17.2. The van der Waals surface area contributed by atoms with Crippen LogP contribution in [0.1, 0.15) is 12.5 Å². The van der Waals surface area contributed by atoms with E-state index in [4.69, 9.17) is 14.2 Å². The maximum absolute atomic E-state index is 14.3. The summed E-state index contributed by atoms with van der Waals surface area (Å²) in [6.45, 7) is 0.380.